The summed E-state index contributed by atoms with van der Waals surface area (Å²) in [6, 6.07) is 4.77. The predicted octanol–water partition coefficient (Wildman–Crippen LogP) is 2.75. The van der Waals surface area contributed by atoms with Gasteiger partial charge in [-0.1, -0.05) is 18.1 Å². The molecule has 0 heterocycles. The maximum atomic E-state index is 13.3. The number of para-hydroxylation sites is 1. The van der Waals surface area contributed by atoms with Crippen LogP contribution in [0, 0.1) is 18.2 Å². The Morgan fingerprint density at radius 1 is 1.43 bits per heavy atom. The van der Waals surface area contributed by atoms with Gasteiger partial charge in [0.05, 0.1) is 12.5 Å². The van der Waals surface area contributed by atoms with Crippen molar-refractivity contribution >= 4 is 0 Å². The van der Waals surface area contributed by atoms with Gasteiger partial charge < -0.3 is 4.74 Å². The summed E-state index contributed by atoms with van der Waals surface area (Å²) in [5.74, 6) is 2.46. The van der Waals surface area contributed by atoms with Crippen LogP contribution in [0.3, 0.4) is 0 Å². The number of halogens is 1. The number of benzene rings is 1. The Bertz CT molecular complexity index is 374. The molecule has 0 N–H and O–H groups in total. The van der Waals surface area contributed by atoms with Crippen molar-refractivity contribution in [1.82, 2.24) is 0 Å². The molecule has 2 heteroatoms. The summed E-state index contributed by atoms with van der Waals surface area (Å²) in [4.78, 5) is 0. The third-order valence-electron chi connectivity index (χ3n) is 2.21. The molecule has 0 saturated heterocycles. The number of ether oxygens (including phenoxy) is 1. The number of methoxy groups -OCH3 is 1. The van der Waals surface area contributed by atoms with Gasteiger partial charge in [0.2, 0.25) is 0 Å². The molecule has 0 aliphatic heterocycles. The molecule has 1 nitrogen and oxygen atoms in total. The van der Waals surface area contributed by atoms with E-state index in [1.807, 2.05) is 13.8 Å². The summed E-state index contributed by atoms with van der Waals surface area (Å²) in [7, 11) is 1.44. The van der Waals surface area contributed by atoms with Crippen LogP contribution >= 0.6 is 0 Å². The van der Waals surface area contributed by atoms with Gasteiger partial charge in [-0.15, -0.1) is 6.42 Å². The molecular formula is C12H13FO. The zero-order valence-electron chi connectivity index (χ0n) is 8.60. The van der Waals surface area contributed by atoms with Gasteiger partial charge in [0.25, 0.3) is 0 Å². The summed E-state index contributed by atoms with van der Waals surface area (Å²) >= 11 is 0. The predicted molar refractivity (Wildman–Crippen MR) is 54.8 cm³/mol. The Labute approximate surface area is 83.9 Å². The largest absolute Gasteiger partial charge is 0.493 e. The van der Waals surface area contributed by atoms with E-state index in [4.69, 9.17) is 11.2 Å². The van der Waals surface area contributed by atoms with Crippen LogP contribution in [0.2, 0.25) is 0 Å². The molecule has 0 aliphatic rings. The van der Waals surface area contributed by atoms with Crippen LogP contribution in [0.25, 0.3) is 0 Å². The minimum absolute atomic E-state index is 0.232. The van der Waals surface area contributed by atoms with Crippen LogP contribution in [-0.2, 0) is 5.41 Å². The van der Waals surface area contributed by atoms with Gasteiger partial charge in [-0.25, -0.2) is 4.39 Å². The molecule has 0 saturated carbocycles. The summed E-state index contributed by atoms with van der Waals surface area (Å²) in [6.45, 7) is 3.70. The molecule has 0 spiro atoms. The van der Waals surface area contributed by atoms with Crippen molar-refractivity contribution in [1.29, 1.82) is 0 Å². The van der Waals surface area contributed by atoms with Crippen molar-refractivity contribution in [3.05, 3.63) is 29.6 Å². The monoisotopic (exact) mass is 192 g/mol. The highest BCUT2D eigenvalue weighted by Gasteiger charge is 2.23. The minimum Gasteiger partial charge on any atom is -0.493 e. The summed E-state index contributed by atoms with van der Waals surface area (Å²) < 4.78 is 18.3. The lowest BCUT2D eigenvalue weighted by Crippen LogP contribution is -2.15. The van der Waals surface area contributed by atoms with Crippen molar-refractivity contribution in [3.8, 4) is 18.1 Å². The van der Waals surface area contributed by atoms with Crippen molar-refractivity contribution in [2.45, 2.75) is 19.3 Å². The lowest BCUT2D eigenvalue weighted by Gasteiger charge is -2.21. The molecule has 0 aliphatic carbocycles. The Kier molecular flexibility index (Phi) is 2.81. The second kappa shape index (κ2) is 3.71. The second-order valence-electron chi connectivity index (χ2n) is 3.59. The number of rotatable bonds is 2. The molecule has 74 valence electrons. The smallest absolute Gasteiger partial charge is 0.165 e. The highest BCUT2D eigenvalue weighted by molar-refractivity contribution is 5.44. The lowest BCUT2D eigenvalue weighted by atomic mass is 9.85. The van der Waals surface area contributed by atoms with E-state index in [1.54, 1.807) is 12.1 Å². The van der Waals surface area contributed by atoms with Gasteiger partial charge in [0.15, 0.2) is 11.6 Å². The van der Waals surface area contributed by atoms with E-state index in [-0.39, 0.29) is 11.6 Å². The minimum atomic E-state index is -0.520. The van der Waals surface area contributed by atoms with Gasteiger partial charge in [0, 0.05) is 5.56 Å². The average molecular weight is 192 g/mol. The Morgan fingerprint density at radius 2 is 2.07 bits per heavy atom. The highest BCUT2D eigenvalue weighted by Crippen LogP contribution is 2.32. The average Bonchev–Trinajstić information content (AvgIpc) is 2.17. The molecule has 1 aromatic carbocycles. The van der Waals surface area contributed by atoms with E-state index in [0.717, 1.165) is 0 Å². The number of hydrogen-bond acceptors (Lipinski definition) is 1. The van der Waals surface area contributed by atoms with Gasteiger partial charge in [-0.2, -0.15) is 0 Å². The highest BCUT2D eigenvalue weighted by atomic mass is 19.1. The first kappa shape index (κ1) is 10.6. The Hall–Kier alpha value is -1.49. The van der Waals surface area contributed by atoms with E-state index in [0.29, 0.717) is 5.56 Å². The van der Waals surface area contributed by atoms with Crippen molar-refractivity contribution in [3.63, 3.8) is 0 Å². The maximum Gasteiger partial charge on any atom is 0.165 e. The second-order valence-corrected chi connectivity index (χ2v) is 3.59. The van der Waals surface area contributed by atoms with Gasteiger partial charge in [-0.05, 0) is 19.9 Å². The molecule has 14 heavy (non-hydrogen) atoms. The maximum absolute atomic E-state index is 13.3. The normalized spacial score (nSPS) is 10.8. The van der Waals surface area contributed by atoms with E-state index >= 15 is 0 Å². The quantitative estimate of drug-likeness (QED) is 0.655. The van der Waals surface area contributed by atoms with E-state index < -0.39 is 5.41 Å². The van der Waals surface area contributed by atoms with Crippen LogP contribution < -0.4 is 4.74 Å². The summed E-state index contributed by atoms with van der Waals surface area (Å²) in [5.41, 5.74) is 0.176. The molecule has 0 amide bonds. The first-order valence-electron chi connectivity index (χ1n) is 4.33. The fourth-order valence-corrected chi connectivity index (χ4v) is 1.29. The standard InChI is InChI=1S/C12H13FO/c1-5-12(2,3)9-7-6-8-10(13)11(9)14-4/h1,6-8H,2-4H3. The van der Waals surface area contributed by atoms with E-state index in [2.05, 4.69) is 5.92 Å². The van der Waals surface area contributed by atoms with E-state index in [1.165, 1.54) is 13.2 Å². The molecule has 0 radical (unpaired) electrons. The molecule has 1 aromatic rings. The molecule has 0 atom stereocenters. The number of hydrogen-bond donors (Lipinski definition) is 0. The third kappa shape index (κ3) is 1.72. The number of terminal acetylenes is 1. The van der Waals surface area contributed by atoms with Crippen LogP contribution in [0.1, 0.15) is 19.4 Å². The molecule has 0 aromatic heterocycles. The third-order valence-corrected chi connectivity index (χ3v) is 2.21. The molecule has 0 unspecified atom stereocenters. The lowest BCUT2D eigenvalue weighted by molar-refractivity contribution is 0.375. The first-order chi connectivity index (χ1) is 6.53. The molecular weight excluding hydrogens is 179 g/mol. The van der Waals surface area contributed by atoms with Crippen LogP contribution in [0.15, 0.2) is 18.2 Å². The first-order valence-corrected chi connectivity index (χ1v) is 4.33. The van der Waals surface area contributed by atoms with Gasteiger partial charge in [0.1, 0.15) is 0 Å². The van der Waals surface area contributed by atoms with E-state index in [9.17, 15) is 4.39 Å². The Balaban J connectivity index is 3.36. The van der Waals surface area contributed by atoms with Gasteiger partial charge >= 0.3 is 0 Å². The van der Waals surface area contributed by atoms with Crippen LogP contribution in [0.4, 0.5) is 4.39 Å². The van der Waals surface area contributed by atoms with Gasteiger partial charge in [-0.3, -0.25) is 0 Å². The van der Waals surface area contributed by atoms with Crippen molar-refractivity contribution < 1.29 is 9.13 Å². The summed E-state index contributed by atoms with van der Waals surface area (Å²) in [6.07, 6.45) is 5.38. The molecule has 0 fully saturated rings. The van der Waals surface area contributed by atoms with Crippen LogP contribution in [0.5, 0.6) is 5.75 Å². The topological polar surface area (TPSA) is 9.23 Å². The Morgan fingerprint density at radius 3 is 2.57 bits per heavy atom. The van der Waals surface area contributed by atoms with Crippen LogP contribution in [-0.4, -0.2) is 7.11 Å². The zero-order valence-corrected chi connectivity index (χ0v) is 8.60. The molecule has 1 rings (SSSR count). The fraction of sp³-hybridized carbons (Fsp3) is 0.333. The zero-order chi connectivity index (χ0) is 10.8. The summed E-state index contributed by atoms with van der Waals surface area (Å²) in [5, 5.41) is 0. The fourth-order valence-electron chi connectivity index (χ4n) is 1.29. The van der Waals surface area contributed by atoms with Crippen molar-refractivity contribution in [2.75, 3.05) is 7.11 Å². The SMILES string of the molecule is C#CC(C)(C)c1cccc(F)c1OC. The molecule has 0 bridgehead atoms. The van der Waals surface area contributed by atoms with Crippen molar-refractivity contribution in [2.24, 2.45) is 0 Å².